The molecule has 0 amide bonds. The molecule has 0 bridgehead atoms. The van der Waals surface area contributed by atoms with Crippen molar-refractivity contribution in [2.24, 2.45) is 0 Å². The minimum atomic E-state index is -4.20. The Kier molecular flexibility index (Phi) is 5.37. The van der Waals surface area contributed by atoms with Crippen molar-refractivity contribution in [1.29, 1.82) is 0 Å². The van der Waals surface area contributed by atoms with Crippen LogP contribution in [0, 0.1) is 6.92 Å². The Labute approximate surface area is 134 Å². The third-order valence-electron chi connectivity index (χ3n) is 3.41. The number of aryl methyl sites for hydroxylation is 1. The highest BCUT2D eigenvalue weighted by Gasteiger charge is 2.51. The summed E-state index contributed by atoms with van der Waals surface area (Å²) in [5.41, 5.74) is 0.875. The first kappa shape index (κ1) is 17.8. The molecule has 1 saturated heterocycles. The summed E-state index contributed by atoms with van der Waals surface area (Å²) in [5.74, 6) is -0.868. The fraction of sp³-hybridized carbons (Fsp3) is 0.500. The Hall–Kier alpha value is -1.52. The molecule has 23 heavy (non-hydrogen) atoms. The molecule has 4 atom stereocenters. The summed E-state index contributed by atoms with van der Waals surface area (Å²) in [5, 5.41) is 10.1. The van der Waals surface area contributed by atoms with Crippen LogP contribution in [-0.4, -0.2) is 58.3 Å². The minimum absolute atomic E-state index is 0.0974. The van der Waals surface area contributed by atoms with Gasteiger partial charge >= 0.3 is 5.97 Å². The predicted octanol–water partition coefficient (Wildman–Crippen LogP) is -0.0259. The van der Waals surface area contributed by atoms with E-state index >= 15 is 0 Å². The van der Waals surface area contributed by atoms with Gasteiger partial charge in [0.25, 0.3) is 10.1 Å². The third kappa shape index (κ3) is 3.70. The van der Waals surface area contributed by atoms with Gasteiger partial charge in [0.15, 0.2) is 12.4 Å². The molecule has 1 fully saturated rings. The van der Waals surface area contributed by atoms with Crippen LogP contribution in [0.15, 0.2) is 29.2 Å². The lowest BCUT2D eigenvalue weighted by atomic mass is 10.1. The molecule has 8 nitrogen and oxygen atoms in total. The molecule has 0 aliphatic carbocycles. The van der Waals surface area contributed by atoms with Crippen LogP contribution in [0.2, 0.25) is 0 Å². The maximum absolute atomic E-state index is 12.3. The molecule has 1 N–H and O–H groups in total. The summed E-state index contributed by atoms with van der Waals surface area (Å²) in [7, 11) is -1.84. The van der Waals surface area contributed by atoms with Gasteiger partial charge in [-0.3, -0.25) is 4.18 Å². The van der Waals surface area contributed by atoms with Gasteiger partial charge in [0, 0.05) is 7.11 Å². The van der Waals surface area contributed by atoms with E-state index in [1.54, 1.807) is 12.1 Å². The summed E-state index contributed by atoms with van der Waals surface area (Å²) < 4.78 is 44.2. The molecule has 0 saturated carbocycles. The highest BCUT2D eigenvalue weighted by Crippen LogP contribution is 2.28. The number of hydrogen-bond acceptors (Lipinski definition) is 8. The smallest absolute Gasteiger partial charge is 0.338 e. The number of hydrogen-bond donors (Lipinski definition) is 1. The Bertz CT molecular complexity index is 654. The summed E-state index contributed by atoms with van der Waals surface area (Å²) in [6, 6.07) is 5.95. The van der Waals surface area contributed by atoms with E-state index in [9.17, 15) is 18.3 Å². The predicted molar refractivity (Wildman–Crippen MR) is 76.9 cm³/mol. The second-order valence-electron chi connectivity index (χ2n) is 5.00. The Morgan fingerprint density at radius 1 is 1.22 bits per heavy atom. The maximum Gasteiger partial charge on any atom is 0.338 e. The van der Waals surface area contributed by atoms with Gasteiger partial charge in [0.05, 0.1) is 12.0 Å². The van der Waals surface area contributed by atoms with Gasteiger partial charge in [-0.1, -0.05) is 17.7 Å². The van der Waals surface area contributed by atoms with Crippen molar-refractivity contribution in [2.45, 2.75) is 36.4 Å². The van der Waals surface area contributed by atoms with Gasteiger partial charge in [-0.2, -0.15) is 8.42 Å². The number of esters is 1. The van der Waals surface area contributed by atoms with Gasteiger partial charge in [0.1, 0.15) is 12.2 Å². The molecule has 128 valence electrons. The summed E-state index contributed by atoms with van der Waals surface area (Å²) in [6.07, 6.45) is -5.56. The molecule has 0 aromatic heterocycles. The van der Waals surface area contributed by atoms with E-state index in [4.69, 9.17) is 13.7 Å². The van der Waals surface area contributed by atoms with E-state index in [1.807, 2.05) is 6.92 Å². The molecule has 9 heteroatoms. The lowest BCUT2D eigenvalue weighted by Crippen LogP contribution is -2.41. The number of ether oxygens (including phenoxy) is 3. The van der Waals surface area contributed by atoms with E-state index in [1.165, 1.54) is 19.2 Å². The van der Waals surface area contributed by atoms with Crippen LogP contribution >= 0.6 is 0 Å². The zero-order valence-corrected chi connectivity index (χ0v) is 13.6. The summed E-state index contributed by atoms with van der Waals surface area (Å²) in [6.45, 7) is 1.81. The van der Waals surface area contributed by atoms with Crippen molar-refractivity contribution in [3.63, 3.8) is 0 Å². The average Bonchev–Trinajstić information content (AvgIpc) is 2.83. The molecule has 4 unspecified atom stereocenters. The molecule has 1 aliphatic heterocycles. The van der Waals surface area contributed by atoms with Gasteiger partial charge in [-0.05, 0) is 19.1 Å². The van der Waals surface area contributed by atoms with Gasteiger partial charge < -0.3 is 19.3 Å². The Morgan fingerprint density at radius 3 is 2.35 bits per heavy atom. The fourth-order valence-corrected chi connectivity index (χ4v) is 3.24. The summed E-state index contributed by atoms with van der Waals surface area (Å²) in [4.78, 5) is 11.6. The number of aliphatic hydroxyl groups excluding tert-OH is 1. The van der Waals surface area contributed by atoms with E-state index in [0.29, 0.717) is 0 Å². The average molecular weight is 346 g/mol. The highest BCUT2D eigenvalue weighted by atomic mass is 32.2. The first-order valence-corrected chi connectivity index (χ1v) is 8.15. The van der Waals surface area contributed by atoms with Crippen molar-refractivity contribution >= 4 is 16.1 Å². The molecule has 1 aliphatic rings. The van der Waals surface area contributed by atoms with Crippen LogP contribution < -0.4 is 0 Å². The fourth-order valence-electron chi connectivity index (χ4n) is 2.15. The van der Waals surface area contributed by atoms with Crippen LogP contribution in [0.4, 0.5) is 0 Å². The number of rotatable bonds is 5. The van der Waals surface area contributed by atoms with E-state index in [2.05, 4.69) is 4.74 Å². The van der Waals surface area contributed by atoms with Crippen molar-refractivity contribution < 1.29 is 36.7 Å². The van der Waals surface area contributed by atoms with Gasteiger partial charge in [0.2, 0.25) is 0 Å². The zero-order chi connectivity index (χ0) is 17.2. The van der Waals surface area contributed by atoms with Crippen molar-refractivity contribution in [3.8, 4) is 0 Å². The molecule has 0 spiro atoms. The molecule has 0 radical (unpaired) electrons. The molecular formula is C14H18O8S. The topological polar surface area (TPSA) is 108 Å². The number of aliphatic hydroxyl groups is 1. The third-order valence-corrected chi connectivity index (χ3v) is 4.73. The van der Waals surface area contributed by atoms with Crippen molar-refractivity contribution in [1.82, 2.24) is 0 Å². The quantitative estimate of drug-likeness (QED) is 0.585. The van der Waals surface area contributed by atoms with E-state index < -0.39 is 40.7 Å². The SMILES string of the molecule is COC(=O)C1OC(OC)C(O)C1OS(=O)(=O)c1ccc(C)cc1. The maximum atomic E-state index is 12.3. The van der Waals surface area contributed by atoms with Crippen LogP contribution in [-0.2, 0) is 33.3 Å². The normalized spacial score (nSPS) is 27.8. The molecule has 1 aromatic carbocycles. The molecule has 1 aromatic rings. The first-order chi connectivity index (χ1) is 10.8. The Morgan fingerprint density at radius 2 is 1.83 bits per heavy atom. The number of benzene rings is 1. The second-order valence-corrected chi connectivity index (χ2v) is 6.57. The second kappa shape index (κ2) is 6.93. The van der Waals surface area contributed by atoms with Crippen molar-refractivity contribution in [3.05, 3.63) is 29.8 Å². The molecular weight excluding hydrogens is 328 g/mol. The minimum Gasteiger partial charge on any atom is -0.467 e. The van der Waals surface area contributed by atoms with Crippen LogP contribution in [0.5, 0.6) is 0 Å². The van der Waals surface area contributed by atoms with Crippen molar-refractivity contribution in [2.75, 3.05) is 14.2 Å². The first-order valence-electron chi connectivity index (χ1n) is 6.74. The van der Waals surface area contributed by atoms with E-state index in [0.717, 1.165) is 12.7 Å². The largest absolute Gasteiger partial charge is 0.467 e. The van der Waals surface area contributed by atoms with Crippen LogP contribution in [0.25, 0.3) is 0 Å². The number of carbonyl (C=O) groups excluding carboxylic acids is 1. The standard InChI is InChI=1S/C14H18O8S/c1-8-4-6-9(7-5-8)23(17,18)22-11-10(15)14(20-3)21-12(11)13(16)19-2/h4-7,10-12,14-15H,1-3H3. The Balaban J connectivity index is 2.27. The lowest BCUT2D eigenvalue weighted by molar-refractivity contribution is -0.174. The van der Waals surface area contributed by atoms with Gasteiger partial charge in [-0.15, -0.1) is 0 Å². The van der Waals surface area contributed by atoms with Crippen LogP contribution in [0.3, 0.4) is 0 Å². The number of carbonyl (C=O) groups is 1. The van der Waals surface area contributed by atoms with Crippen LogP contribution in [0.1, 0.15) is 5.56 Å². The van der Waals surface area contributed by atoms with E-state index in [-0.39, 0.29) is 4.90 Å². The van der Waals surface area contributed by atoms with Gasteiger partial charge in [-0.25, -0.2) is 4.79 Å². The molecule has 2 rings (SSSR count). The summed E-state index contributed by atoms with van der Waals surface area (Å²) >= 11 is 0. The highest BCUT2D eigenvalue weighted by molar-refractivity contribution is 7.86. The number of methoxy groups -OCH3 is 2. The monoisotopic (exact) mass is 346 g/mol. The lowest BCUT2D eigenvalue weighted by Gasteiger charge is -2.18. The molecule has 1 heterocycles. The zero-order valence-electron chi connectivity index (χ0n) is 12.8.